The number of fused-ring (bicyclic) bond motifs is 4. The fraction of sp³-hybridized carbons (Fsp3) is 0.467. The molecule has 0 bridgehead atoms. The molecule has 4 aliphatic rings. The summed E-state index contributed by atoms with van der Waals surface area (Å²) in [5, 5.41) is 67.8. The first-order valence-electron chi connectivity index (χ1n) is 49.0. The standard InChI is InChI=1S/C27H31F4N5O3.C27H32F3N5O4.C27H32N6O3.C26H31F2N5O3/c1-15(2)17-12-20(16-7-8-19(28)18(11-16)27(29,30)31)33-36-13-21(32-22(17)36)23(37)35-10-9-34(14-25(35,3)4)24(38)26(5,6)39;1-16(2)19-13-20(17-7-9-18(10-8-17)39-27(28,29)30)32-35-14-21(31-22(19)35)23(36)34-12-11-33(15-25(34,3)4)24(37)26(5,6)38;1-17(2)20-13-21(19-9-7-18(14-28)8-10-19)30-33-15-22(29-23(20)33)24(34)32-12-11-31(16-26(32,3)4)25(35)27(5,6)36;1-15(2)17-12-20(16-7-8-18(27)19(28)11-16)30-33-13-21(29-22(17)33)23(34)32-10-9-31(14-25(32,3)4)24(35)26(5,6)36/h7-8,11-13,15,39H,9-10,14H2,1-6H3;7-10,13-14,16,38H,11-12,15H2,1-6H3;7-10,13,15,17,36H,11-12,16H2,1-6H3;7-8,11-13,15,36H,9-10,14H2,1-6H3. The van der Waals surface area contributed by atoms with Crippen molar-refractivity contribution in [1.82, 2.24) is 97.6 Å². The van der Waals surface area contributed by atoms with Crippen LogP contribution in [-0.2, 0) is 25.4 Å². The quantitative estimate of drug-likeness (QED) is 0.0615. The van der Waals surface area contributed by atoms with Crippen molar-refractivity contribution in [2.75, 3.05) is 78.5 Å². The highest BCUT2D eigenvalue weighted by molar-refractivity contribution is 5.97. The predicted octanol–water partition coefficient (Wildman–Crippen LogP) is 15.6. The molecule has 4 N–H and O–H groups in total. The van der Waals surface area contributed by atoms with Gasteiger partial charge in [-0.05, 0) is 232 Å². The van der Waals surface area contributed by atoms with Crippen molar-refractivity contribution in [3.05, 3.63) is 208 Å². The Morgan fingerprint density at radius 2 is 0.593 bits per heavy atom. The number of benzene rings is 4. The zero-order chi connectivity index (χ0) is 111. The molecule has 43 heteroatoms. The topological polar surface area (TPSA) is 397 Å². The first-order chi connectivity index (χ1) is 69.4. The lowest BCUT2D eigenvalue weighted by molar-refractivity contribution is -0.274. The van der Waals surface area contributed by atoms with Crippen molar-refractivity contribution < 1.29 is 103 Å². The number of amides is 8. The van der Waals surface area contributed by atoms with Crippen LogP contribution in [0.3, 0.4) is 0 Å². The number of nitrogens with zero attached hydrogens (tertiary/aromatic N) is 21. The van der Waals surface area contributed by atoms with Crippen LogP contribution in [0.1, 0.15) is 265 Å². The maximum absolute atomic E-state index is 13.9. The van der Waals surface area contributed by atoms with Crippen LogP contribution in [0.2, 0.25) is 0 Å². The highest BCUT2D eigenvalue weighted by atomic mass is 19.4. The molecule has 8 aromatic heterocycles. The highest BCUT2D eigenvalue weighted by Crippen LogP contribution is 2.40. The van der Waals surface area contributed by atoms with E-state index < -0.39 is 97.8 Å². The van der Waals surface area contributed by atoms with Crippen LogP contribution >= 0.6 is 0 Å². The number of rotatable bonds is 17. The summed E-state index contributed by atoms with van der Waals surface area (Å²) >= 11 is 0. The van der Waals surface area contributed by atoms with E-state index in [1.54, 1.807) is 75.5 Å². The number of aliphatic hydroxyl groups is 4. The van der Waals surface area contributed by atoms with E-state index >= 15 is 0 Å². The summed E-state index contributed by atoms with van der Waals surface area (Å²) in [7, 11) is 0. The van der Waals surface area contributed by atoms with Gasteiger partial charge in [-0.15, -0.1) is 13.2 Å². The summed E-state index contributed by atoms with van der Waals surface area (Å²) in [6, 6.07) is 28.2. The van der Waals surface area contributed by atoms with Crippen LogP contribution in [0.5, 0.6) is 5.75 Å². The number of alkyl halides is 6. The van der Waals surface area contributed by atoms with Crippen LogP contribution in [-0.4, -0.2) is 295 Å². The van der Waals surface area contributed by atoms with Gasteiger partial charge < -0.3 is 64.4 Å². The molecule has 4 aliphatic heterocycles. The Bertz CT molecular complexity index is 7230. The molecule has 0 spiro atoms. The molecule has 0 radical (unpaired) electrons. The number of nitriles is 1. The van der Waals surface area contributed by atoms with Gasteiger partial charge in [-0.2, -0.15) is 38.8 Å². The lowest BCUT2D eigenvalue weighted by Crippen LogP contribution is -2.64. The average Bonchev–Trinajstić information content (AvgIpc) is 1.59. The van der Waals surface area contributed by atoms with Crippen LogP contribution in [0, 0.1) is 28.8 Å². The van der Waals surface area contributed by atoms with Gasteiger partial charge in [0, 0.05) is 123 Å². The molecule has 4 aromatic carbocycles. The molecule has 0 saturated carbocycles. The number of imidazole rings is 4. The molecule has 16 rings (SSSR count). The summed E-state index contributed by atoms with van der Waals surface area (Å²) in [5.74, 6) is -6.34. The molecule has 34 nitrogen and oxygen atoms in total. The van der Waals surface area contributed by atoms with Crippen molar-refractivity contribution in [3.8, 4) is 56.8 Å². The number of ether oxygens (including phenoxy) is 1. The molecule has 0 atom stereocenters. The molecule has 0 unspecified atom stereocenters. The molecule has 4 saturated heterocycles. The van der Waals surface area contributed by atoms with Gasteiger partial charge in [-0.3, -0.25) is 38.4 Å². The van der Waals surface area contributed by atoms with Crippen molar-refractivity contribution >= 4 is 69.8 Å². The number of aromatic nitrogens is 12. The zero-order valence-electron chi connectivity index (χ0n) is 88.3. The van der Waals surface area contributed by atoms with Crippen LogP contribution < -0.4 is 4.74 Å². The second-order valence-electron chi connectivity index (χ2n) is 43.9. The Morgan fingerprint density at radius 3 is 0.827 bits per heavy atom. The van der Waals surface area contributed by atoms with E-state index in [1.807, 2.05) is 121 Å². The molecular weight excluding hydrogens is 1960 g/mol. The van der Waals surface area contributed by atoms with Crippen molar-refractivity contribution in [1.29, 1.82) is 5.26 Å². The molecular formula is C107H126F9N21O13. The second-order valence-corrected chi connectivity index (χ2v) is 43.9. The van der Waals surface area contributed by atoms with Gasteiger partial charge in [0.2, 0.25) is 0 Å². The Balaban J connectivity index is 0.000000167. The summed E-state index contributed by atoms with van der Waals surface area (Å²) in [6.07, 6.45) is -3.49. The Labute approximate surface area is 861 Å². The van der Waals surface area contributed by atoms with Gasteiger partial charge in [0.1, 0.15) is 56.7 Å². The number of halogens is 9. The van der Waals surface area contributed by atoms with Gasteiger partial charge in [0.25, 0.3) is 47.3 Å². The fourth-order valence-electron chi connectivity index (χ4n) is 18.7. The second kappa shape index (κ2) is 41.9. The highest BCUT2D eigenvalue weighted by Gasteiger charge is 2.49. The number of piperazine rings is 4. The first-order valence-corrected chi connectivity index (χ1v) is 49.0. The van der Waals surface area contributed by atoms with Gasteiger partial charge in [-0.1, -0.05) is 67.5 Å². The van der Waals surface area contributed by atoms with Crippen molar-refractivity contribution in [3.63, 3.8) is 0 Å². The average molecular weight is 2090 g/mol. The smallest absolute Gasteiger partial charge is 0.406 e. The predicted molar refractivity (Wildman–Crippen MR) is 538 cm³/mol. The van der Waals surface area contributed by atoms with E-state index in [0.717, 1.165) is 46.1 Å². The van der Waals surface area contributed by atoms with E-state index in [4.69, 9.17) is 10.4 Å². The third-order valence-electron chi connectivity index (χ3n) is 26.5. The maximum atomic E-state index is 13.9. The summed E-state index contributed by atoms with van der Waals surface area (Å²) < 4.78 is 129. The molecule has 4 fully saturated rings. The number of hydrogen-bond acceptors (Lipinski definition) is 22. The minimum Gasteiger partial charge on any atom is -0.406 e. The third kappa shape index (κ3) is 24.7. The summed E-state index contributed by atoms with van der Waals surface area (Å²) in [6.45, 7) is 45.5. The maximum Gasteiger partial charge on any atom is 0.573 e. The van der Waals surface area contributed by atoms with Crippen molar-refractivity contribution in [2.45, 2.75) is 247 Å². The zero-order valence-corrected chi connectivity index (χ0v) is 88.3. The van der Waals surface area contributed by atoms with Gasteiger partial charge in [0.05, 0.1) is 86.9 Å². The minimum absolute atomic E-state index is 0.0141. The number of carbonyl (C=O) groups is 8. The van der Waals surface area contributed by atoms with E-state index in [0.29, 0.717) is 88.5 Å². The monoisotopic (exact) mass is 2080 g/mol. The van der Waals surface area contributed by atoms with Gasteiger partial charge in [-0.25, -0.2) is 51.2 Å². The van der Waals surface area contributed by atoms with E-state index in [9.17, 15) is 98.3 Å². The molecule has 800 valence electrons. The largest absolute Gasteiger partial charge is 0.573 e. The minimum atomic E-state index is -4.87. The van der Waals surface area contributed by atoms with E-state index in [2.05, 4.69) is 59.9 Å². The van der Waals surface area contributed by atoms with E-state index in [1.165, 1.54) is 123 Å². The normalized spacial score (nSPS) is 16.1. The summed E-state index contributed by atoms with van der Waals surface area (Å²) in [5.41, 5.74) is 0.123. The molecule has 8 amide bonds. The fourth-order valence-corrected chi connectivity index (χ4v) is 18.7. The lowest BCUT2D eigenvalue weighted by atomic mass is 9.96. The first kappa shape index (κ1) is 113. The summed E-state index contributed by atoms with van der Waals surface area (Å²) in [4.78, 5) is 136. The van der Waals surface area contributed by atoms with Crippen molar-refractivity contribution in [2.24, 2.45) is 0 Å². The number of hydrogen-bond donors (Lipinski definition) is 4. The third-order valence-corrected chi connectivity index (χ3v) is 26.5. The SMILES string of the molecule is CC(C)c1cc(-c2ccc(C#N)cc2)nn2cc(C(=O)N3CCN(C(=O)C(C)(C)O)CC3(C)C)nc12.CC(C)c1cc(-c2ccc(F)c(C(F)(F)F)c2)nn2cc(C(=O)N3CCN(C(=O)C(C)(C)O)CC3(C)C)nc12.CC(C)c1cc(-c2ccc(F)c(F)c2)nn2cc(C(=O)N3CCN(C(=O)C(C)(C)O)CC3(C)C)nc12.CC(C)c1cc(-c2ccc(OC(F)(F)F)cc2)nn2cc(C(=O)N3CCN(C(=O)C(C)(C)O)CC3(C)C)nc12. The molecule has 12 heterocycles. The molecule has 0 aliphatic carbocycles. The van der Waals surface area contributed by atoms with Crippen LogP contribution in [0.15, 0.2) is 134 Å². The van der Waals surface area contributed by atoms with Crippen LogP contribution in [0.25, 0.3) is 67.6 Å². The Kier molecular flexibility index (Phi) is 31.5. The Hall–Kier alpha value is -14.4. The molecule has 12 aromatic rings. The lowest BCUT2D eigenvalue weighted by Gasteiger charge is -2.47. The Morgan fingerprint density at radius 1 is 0.347 bits per heavy atom. The van der Waals surface area contributed by atoms with Crippen LogP contribution in [0.4, 0.5) is 39.5 Å². The molecule has 150 heavy (non-hydrogen) atoms. The van der Waals surface area contributed by atoms with Gasteiger partial charge in [0.15, 0.2) is 34.2 Å². The number of carbonyl (C=O) groups excluding carboxylic acids is 8. The van der Waals surface area contributed by atoms with E-state index in [-0.39, 0.29) is 145 Å². The van der Waals surface area contributed by atoms with Gasteiger partial charge >= 0.3 is 12.5 Å².